The van der Waals surface area contributed by atoms with Gasteiger partial charge in [-0.1, -0.05) is 23.7 Å². The number of hydrogen-bond acceptors (Lipinski definition) is 3. The predicted molar refractivity (Wildman–Crippen MR) is 95.1 cm³/mol. The third-order valence-electron chi connectivity index (χ3n) is 4.18. The molecule has 0 bridgehead atoms. The number of likely N-dealkylation sites (tertiary alicyclic amines) is 1. The van der Waals surface area contributed by atoms with Crippen molar-refractivity contribution in [3.63, 3.8) is 0 Å². The van der Waals surface area contributed by atoms with Gasteiger partial charge in [-0.05, 0) is 37.0 Å². The quantitative estimate of drug-likeness (QED) is 0.824. The highest BCUT2D eigenvalue weighted by Gasteiger charge is 2.26. The molecule has 0 saturated carbocycles. The van der Waals surface area contributed by atoms with Gasteiger partial charge in [-0.3, -0.25) is 4.79 Å². The first-order valence-electron chi connectivity index (χ1n) is 8.00. The zero-order chi connectivity index (χ0) is 17.7. The van der Waals surface area contributed by atoms with E-state index in [0.29, 0.717) is 43.8 Å². The average Bonchev–Trinajstić information content (AvgIpc) is 2.54. The van der Waals surface area contributed by atoms with Gasteiger partial charge in [-0.25, -0.2) is 0 Å². The zero-order valence-corrected chi connectivity index (χ0v) is 15.6. The topological polar surface area (TPSA) is 69.7 Å². The van der Waals surface area contributed by atoms with E-state index in [2.05, 4.69) is 4.72 Å². The minimum absolute atomic E-state index is 0.110. The Bertz CT molecular complexity index is 654. The van der Waals surface area contributed by atoms with E-state index in [9.17, 15) is 13.2 Å². The predicted octanol–water partition coefficient (Wildman–Crippen LogP) is 1.66. The Morgan fingerprint density at radius 2 is 1.83 bits per heavy atom. The summed E-state index contributed by atoms with van der Waals surface area (Å²) in [7, 11) is -0.421. The second kappa shape index (κ2) is 8.29. The van der Waals surface area contributed by atoms with Crippen LogP contribution < -0.4 is 4.72 Å². The molecule has 1 N–H and O–H groups in total. The van der Waals surface area contributed by atoms with Crippen molar-refractivity contribution in [3.8, 4) is 0 Å². The molecule has 2 rings (SSSR count). The summed E-state index contributed by atoms with van der Waals surface area (Å²) in [5.41, 5.74) is 1.08. The molecule has 0 spiro atoms. The minimum Gasteiger partial charge on any atom is -0.343 e. The van der Waals surface area contributed by atoms with Crippen molar-refractivity contribution in [2.45, 2.75) is 31.7 Å². The van der Waals surface area contributed by atoms with Gasteiger partial charge in [0.05, 0.1) is 0 Å². The maximum Gasteiger partial charge on any atom is 0.279 e. The average molecular weight is 374 g/mol. The highest BCUT2D eigenvalue weighted by Crippen LogP contribution is 2.15. The van der Waals surface area contributed by atoms with Gasteiger partial charge in [0.2, 0.25) is 5.91 Å². The third-order valence-corrected chi connectivity index (χ3v) is 6.03. The Labute approximate surface area is 149 Å². The number of rotatable bonds is 6. The Hall–Kier alpha value is -1.15. The van der Waals surface area contributed by atoms with Crippen molar-refractivity contribution >= 4 is 27.7 Å². The molecule has 0 unspecified atom stereocenters. The highest BCUT2D eigenvalue weighted by atomic mass is 35.5. The largest absolute Gasteiger partial charge is 0.343 e. The molecule has 1 aromatic carbocycles. The molecule has 1 fully saturated rings. The number of benzene rings is 1. The molecule has 0 radical (unpaired) electrons. The maximum atomic E-state index is 12.3. The molecule has 0 atom stereocenters. The Kier molecular flexibility index (Phi) is 6.62. The normalized spacial score (nSPS) is 16.6. The summed E-state index contributed by atoms with van der Waals surface area (Å²) in [4.78, 5) is 14.1. The van der Waals surface area contributed by atoms with E-state index in [1.54, 1.807) is 0 Å². The van der Waals surface area contributed by atoms with Crippen LogP contribution in [0.2, 0.25) is 5.02 Å². The maximum absolute atomic E-state index is 12.3. The van der Waals surface area contributed by atoms with Crippen LogP contribution in [0, 0.1) is 0 Å². The van der Waals surface area contributed by atoms with Crippen LogP contribution in [-0.4, -0.2) is 56.8 Å². The van der Waals surface area contributed by atoms with Gasteiger partial charge in [-0.2, -0.15) is 17.4 Å². The molecule has 1 aromatic rings. The number of nitrogens with zero attached hydrogens (tertiary/aromatic N) is 2. The first-order valence-corrected chi connectivity index (χ1v) is 9.82. The van der Waals surface area contributed by atoms with Gasteiger partial charge in [0, 0.05) is 44.7 Å². The summed E-state index contributed by atoms with van der Waals surface area (Å²) in [6.45, 7) is 1.17. The molecule has 24 heavy (non-hydrogen) atoms. The number of aryl methyl sites for hydroxylation is 1. The molecule has 1 heterocycles. The second-order valence-electron chi connectivity index (χ2n) is 6.19. The lowest BCUT2D eigenvalue weighted by Crippen LogP contribution is -2.49. The van der Waals surface area contributed by atoms with Gasteiger partial charge in [0.1, 0.15) is 0 Å². The molecule has 0 aliphatic carbocycles. The van der Waals surface area contributed by atoms with Crippen molar-refractivity contribution in [1.82, 2.24) is 13.9 Å². The van der Waals surface area contributed by atoms with Crippen LogP contribution in [0.1, 0.15) is 24.8 Å². The number of hydrogen-bond donors (Lipinski definition) is 1. The molecule has 1 aliphatic rings. The summed E-state index contributed by atoms with van der Waals surface area (Å²) >= 11 is 5.85. The van der Waals surface area contributed by atoms with Crippen LogP contribution in [0.15, 0.2) is 24.3 Å². The Morgan fingerprint density at radius 1 is 1.25 bits per heavy atom. The summed E-state index contributed by atoms with van der Waals surface area (Å²) in [5, 5.41) is 0.687. The smallest absolute Gasteiger partial charge is 0.279 e. The van der Waals surface area contributed by atoms with Crippen LogP contribution in [0.3, 0.4) is 0 Å². The van der Waals surface area contributed by atoms with Crippen molar-refractivity contribution in [2.24, 2.45) is 0 Å². The van der Waals surface area contributed by atoms with Gasteiger partial charge in [0.15, 0.2) is 0 Å². The first kappa shape index (κ1) is 19.2. The van der Waals surface area contributed by atoms with E-state index >= 15 is 0 Å². The number of nitrogens with one attached hydrogen (secondary N) is 1. The Balaban J connectivity index is 1.77. The third kappa shape index (κ3) is 5.44. The SMILES string of the molecule is CN(C)S(=O)(=O)NC1CCN(C(=O)CCc2ccc(Cl)cc2)CC1. The first-order chi connectivity index (χ1) is 11.3. The molecule has 0 aromatic heterocycles. The van der Waals surface area contributed by atoms with Crippen molar-refractivity contribution < 1.29 is 13.2 Å². The number of piperidine rings is 1. The standard InChI is InChI=1S/C16H24ClN3O3S/c1-19(2)24(22,23)18-15-9-11-20(12-10-15)16(21)8-5-13-3-6-14(17)7-4-13/h3-4,6-7,15,18H,5,8-12H2,1-2H3. The monoisotopic (exact) mass is 373 g/mol. The Morgan fingerprint density at radius 3 is 2.38 bits per heavy atom. The highest BCUT2D eigenvalue weighted by molar-refractivity contribution is 7.87. The van der Waals surface area contributed by atoms with E-state index in [1.807, 2.05) is 29.2 Å². The van der Waals surface area contributed by atoms with Crippen LogP contribution in [0.5, 0.6) is 0 Å². The number of carbonyl (C=O) groups excluding carboxylic acids is 1. The van der Waals surface area contributed by atoms with Crippen LogP contribution in [0.25, 0.3) is 0 Å². The van der Waals surface area contributed by atoms with E-state index in [1.165, 1.54) is 14.1 Å². The van der Waals surface area contributed by atoms with Gasteiger partial charge in [-0.15, -0.1) is 0 Å². The number of carbonyl (C=O) groups is 1. The molecule has 6 nitrogen and oxygen atoms in total. The molecule has 1 aliphatic heterocycles. The summed E-state index contributed by atoms with van der Waals surface area (Å²) in [6, 6.07) is 7.39. The van der Waals surface area contributed by atoms with Gasteiger partial charge < -0.3 is 4.90 Å². The summed E-state index contributed by atoms with van der Waals surface area (Å²) < 4.78 is 27.5. The summed E-state index contributed by atoms with van der Waals surface area (Å²) in [6.07, 6.45) is 2.42. The fraction of sp³-hybridized carbons (Fsp3) is 0.562. The number of halogens is 1. The second-order valence-corrected chi connectivity index (χ2v) is 8.54. The van der Waals surface area contributed by atoms with Crippen LogP contribution in [-0.2, 0) is 21.4 Å². The molecule has 8 heteroatoms. The lowest BCUT2D eigenvalue weighted by Gasteiger charge is -2.32. The molecule has 1 amide bonds. The van der Waals surface area contributed by atoms with E-state index in [0.717, 1.165) is 9.87 Å². The van der Waals surface area contributed by atoms with E-state index < -0.39 is 10.2 Å². The van der Waals surface area contributed by atoms with Crippen molar-refractivity contribution in [1.29, 1.82) is 0 Å². The van der Waals surface area contributed by atoms with Gasteiger partial charge >= 0.3 is 0 Å². The van der Waals surface area contributed by atoms with Crippen LogP contribution in [0.4, 0.5) is 0 Å². The van der Waals surface area contributed by atoms with E-state index in [4.69, 9.17) is 11.6 Å². The molecular weight excluding hydrogens is 350 g/mol. The summed E-state index contributed by atoms with van der Waals surface area (Å²) in [5.74, 6) is 0.110. The van der Waals surface area contributed by atoms with Crippen LogP contribution >= 0.6 is 11.6 Å². The molecular formula is C16H24ClN3O3S. The molecule has 1 saturated heterocycles. The fourth-order valence-corrected chi connectivity index (χ4v) is 3.62. The lowest BCUT2D eigenvalue weighted by molar-refractivity contribution is -0.132. The lowest BCUT2D eigenvalue weighted by atomic mass is 10.0. The molecule has 134 valence electrons. The van der Waals surface area contributed by atoms with Gasteiger partial charge in [0.25, 0.3) is 10.2 Å². The van der Waals surface area contributed by atoms with E-state index in [-0.39, 0.29) is 11.9 Å². The minimum atomic E-state index is -3.42. The zero-order valence-electron chi connectivity index (χ0n) is 14.0. The van der Waals surface area contributed by atoms with Crippen molar-refractivity contribution in [3.05, 3.63) is 34.9 Å². The fourth-order valence-electron chi connectivity index (χ4n) is 2.62. The van der Waals surface area contributed by atoms with Crippen molar-refractivity contribution in [2.75, 3.05) is 27.2 Å². The number of amides is 1.